The Morgan fingerprint density at radius 1 is 0.931 bits per heavy atom. The summed E-state index contributed by atoms with van der Waals surface area (Å²) in [5, 5.41) is 1.11. The number of likely N-dealkylation sites (N-methyl/N-ethyl adjacent to an activating group) is 1. The molecule has 1 aromatic rings. The Morgan fingerprint density at radius 3 is 2.14 bits per heavy atom. The number of esters is 1. The summed E-state index contributed by atoms with van der Waals surface area (Å²) in [6.07, 6.45) is 11.8. The van der Waals surface area contributed by atoms with Crippen molar-refractivity contribution in [2.75, 3.05) is 20.7 Å². The van der Waals surface area contributed by atoms with E-state index >= 15 is 0 Å². The van der Waals surface area contributed by atoms with Crippen LogP contribution in [0.5, 0.6) is 0 Å². The normalized spacial score (nSPS) is 12.8. The topological polar surface area (TPSA) is 26.3 Å². The first-order valence-corrected chi connectivity index (χ1v) is 12.0. The van der Waals surface area contributed by atoms with E-state index in [1.54, 1.807) is 0 Å². The lowest BCUT2D eigenvalue weighted by Gasteiger charge is -2.36. The van der Waals surface area contributed by atoms with Gasteiger partial charge in [0.25, 0.3) is 0 Å². The predicted molar refractivity (Wildman–Crippen MR) is 125 cm³/mol. The minimum atomic E-state index is -0.170. The average Bonchev–Trinajstić information content (AvgIpc) is 2.67. The minimum Gasteiger partial charge on any atom is -0.461 e. The van der Waals surface area contributed by atoms with Crippen molar-refractivity contribution in [3.63, 3.8) is 0 Å². The Labute approximate surface area is 188 Å². The molecule has 29 heavy (non-hydrogen) atoms. The summed E-state index contributed by atoms with van der Waals surface area (Å²) in [5.74, 6) is -0.0835. The summed E-state index contributed by atoms with van der Waals surface area (Å²) in [4.78, 5) is 12.8. The van der Waals surface area contributed by atoms with Crippen LogP contribution in [0.2, 0.25) is 10.0 Å². The lowest BCUT2D eigenvalue weighted by molar-refractivity contribution is -0.920. The van der Waals surface area contributed by atoms with Crippen LogP contribution in [0.3, 0.4) is 0 Å². The molecule has 1 atom stereocenters. The van der Waals surface area contributed by atoms with Crippen molar-refractivity contribution in [1.82, 2.24) is 0 Å². The highest BCUT2D eigenvalue weighted by molar-refractivity contribution is 6.42. The molecular formula is C24H40Cl2NO2+. The molecule has 0 saturated carbocycles. The number of hydrogen-bond acceptors (Lipinski definition) is 2. The van der Waals surface area contributed by atoms with Crippen molar-refractivity contribution in [3.05, 3.63) is 33.8 Å². The van der Waals surface area contributed by atoms with Crippen LogP contribution in [-0.2, 0) is 16.1 Å². The second kappa shape index (κ2) is 14.3. The largest absolute Gasteiger partial charge is 0.461 e. The van der Waals surface area contributed by atoms with E-state index in [1.807, 2.05) is 25.1 Å². The van der Waals surface area contributed by atoms with Gasteiger partial charge in [-0.15, -0.1) is 0 Å². The highest BCUT2D eigenvalue weighted by atomic mass is 35.5. The highest BCUT2D eigenvalue weighted by Crippen LogP contribution is 2.26. The number of nitrogens with zero attached hydrogens (tertiary/aromatic N) is 1. The monoisotopic (exact) mass is 444 g/mol. The van der Waals surface area contributed by atoms with E-state index in [0.717, 1.165) is 24.8 Å². The van der Waals surface area contributed by atoms with Crippen LogP contribution >= 0.6 is 23.2 Å². The fraction of sp³-hybridized carbons (Fsp3) is 0.708. The molecule has 0 aliphatic carbocycles. The Kier molecular flexibility index (Phi) is 12.9. The lowest BCUT2D eigenvalue weighted by atomic mass is 10.0. The fourth-order valence-corrected chi connectivity index (χ4v) is 4.06. The van der Waals surface area contributed by atoms with Crippen LogP contribution in [-0.4, -0.2) is 37.2 Å². The number of hydrogen-bond donors (Lipinski definition) is 0. The molecule has 0 aliphatic heterocycles. The molecule has 0 fully saturated rings. The minimum absolute atomic E-state index is 0.0835. The first-order valence-electron chi connectivity index (χ1n) is 11.2. The molecule has 5 heteroatoms. The first kappa shape index (κ1) is 26.3. The van der Waals surface area contributed by atoms with Gasteiger partial charge in [-0.3, -0.25) is 0 Å². The maximum Gasteiger partial charge on any atom is 0.364 e. The summed E-state index contributed by atoms with van der Waals surface area (Å²) in [6, 6.07) is 5.53. The van der Waals surface area contributed by atoms with Crippen LogP contribution in [0.4, 0.5) is 0 Å². The molecule has 0 aliphatic rings. The number of halogens is 2. The zero-order chi connectivity index (χ0) is 21.7. The zero-order valence-electron chi connectivity index (χ0n) is 18.8. The molecule has 0 spiro atoms. The maximum atomic E-state index is 12.8. The molecule has 1 aromatic carbocycles. The summed E-state index contributed by atoms with van der Waals surface area (Å²) in [6.45, 7) is 5.46. The number of carbonyl (C=O) groups excluding carboxylic acids is 1. The van der Waals surface area contributed by atoms with Gasteiger partial charge >= 0.3 is 5.97 Å². The maximum absolute atomic E-state index is 12.8. The molecule has 0 radical (unpaired) electrons. The summed E-state index contributed by atoms with van der Waals surface area (Å²) in [7, 11) is 4.20. The van der Waals surface area contributed by atoms with Gasteiger partial charge in [-0.05, 0) is 25.0 Å². The van der Waals surface area contributed by atoms with Gasteiger partial charge in [0, 0.05) is 12.0 Å². The van der Waals surface area contributed by atoms with E-state index < -0.39 is 0 Å². The average molecular weight is 445 g/mol. The predicted octanol–water partition coefficient (Wildman–Crippen LogP) is 7.42. The Morgan fingerprint density at radius 2 is 1.55 bits per heavy atom. The molecule has 0 heterocycles. The van der Waals surface area contributed by atoms with E-state index in [1.165, 1.54) is 44.9 Å². The Hall–Kier alpha value is -0.770. The van der Waals surface area contributed by atoms with Gasteiger partial charge in [0.05, 0.1) is 30.7 Å². The van der Waals surface area contributed by atoms with Crippen molar-refractivity contribution in [1.29, 1.82) is 0 Å². The van der Waals surface area contributed by atoms with Crippen LogP contribution in [0.15, 0.2) is 18.2 Å². The number of quaternary nitrogens is 1. The standard InChI is InChI=1S/C24H40Cl2NO2/c1-5-7-8-9-10-11-12-13-14-23(24(28)29-17-6-2)27(3,4)19-20-15-16-21(25)22(26)18-20/h15-16,18,23H,5-14,17,19H2,1-4H3/q+1. The Balaban J connectivity index is 2.66. The van der Waals surface area contributed by atoms with Gasteiger partial charge in [0.15, 0.2) is 6.04 Å². The number of unbranched alkanes of at least 4 members (excludes halogenated alkanes) is 7. The van der Waals surface area contributed by atoms with Gasteiger partial charge in [-0.2, -0.15) is 0 Å². The van der Waals surface area contributed by atoms with E-state index in [-0.39, 0.29) is 12.0 Å². The van der Waals surface area contributed by atoms with Gasteiger partial charge < -0.3 is 9.22 Å². The number of rotatable bonds is 15. The zero-order valence-corrected chi connectivity index (χ0v) is 20.3. The van der Waals surface area contributed by atoms with Crippen molar-refractivity contribution in [3.8, 4) is 0 Å². The third-order valence-electron chi connectivity index (χ3n) is 5.47. The SMILES string of the molecule is CCCCCCCCCCC(C(=O)OCCC)[N+](C)(C)Cc1ccc(Cl)c(Cl)c1. The molecule has 1 rings (SSSR count). The molecular weight excluding hydrogens is 405 g/mol. The Bertz CT molecular complexity index is 605. The summed E-state index contributed by atoms with van der Waals surface area (Å²) in [5.41, 5.74) is 1.08. The van der Waals surface area contributed by atoms with Crippen molar-refractivity contribution >= 4 is 29.2 Å². The van der Waals surface area contributed by atoms with E-state index in [4.69, 9.17) is 27.9 Å². The van der Waals surface area contributed by atoms with Crippen LogP contribution in [0.1, 0.15) is 83.6 Å². The smallest absolute Gasteiger partial charge is 0.364 e. The molecule has 0 saturated heterocycles. The molecule has 0 N–H and O–H groups in total. The molecule has 0 aromatic heterocycles. The molecule has 1 unspecified atom stereocenters. The molecule has 3 nitrogen and oxygen atoms in total. The van der Waals surface area contributed by atoms with Crippen LogP contribution in [0, 0.1) is 0 Å². The first-order chi connectivity index (χ1) is 13.8. The van der Waals surface area contributed by atoms with Crippen LogP contribution in [0.25, 0.3) is 0 Å². The van der Waals surface area contributed by atoms with Gasteiger partial charge in [-0.1, -0.05) is 88.1 Å². The van der Waals surface area contributed by atoms with Crippen molar-refractivity contribution in [2.24, 2.45) is 0 Å². The number of ether oxygens (including phenoxy) is 1. The summed E-state index contributed by atoms with van der Waals surface area (Å²) < 4.78 is 6.09. The third-order valence-corrected chi connectivity index (χ3v) is 6.21. The number of benzene rings is 1. The third kappa shape index (κ3) is 10.2. The number of carbonyl (C=O) groups is 1. The van der Waals surface area contributed by atoms with E-state index in [2.05, 4.69) is 21.0 Å². The van der Waals surface area contributed by atoms with E-state index in [0.29, 0.717) is 27.7 Å². The van der Waals surface area contributed by atoms with Crippen LogP contribution < -0.4 is 0 Å². The highest BCUT2D eigenvalue weighted by Gasteiger charge is 2.36. The quantitative estimate of drug-likeness (QED) is 0.159. The second-order valence-electron chi connectivity index (χ2n) is 8.63. The van der Waals surface area contributed by atoms with E-state index in [9.17, 15) is 4.79 Å². The van der Waals surface area contributed by atoms with Gasteiger partial charge in [0.1, 0.15) is 6.54 Å². The fourth-order valence-electron chi connectivity index (χ4n) is 3.74. The van der Waals surface area contributed by atoms with Crippen molar-refractivity contribution < 1.29 is 14.0 Å². The lowest BCUT2D eigenvalue weighted by Crippen LogP contribution is -2.52. The molecule has 0 amide bonds. The van der Waals surface area contributed by atoms with Crippen molar-refractivity contribution in [2.45, 2.75) is 90.6 Å². The molecule has 0 bridgehead atoms. The second-order valence-corrected chi connectivity index (χ2v) is 9.45. The van der Waals surface area contributed by atoms with Gasteiger partial charge in [-0.25, -0.2) is 4.79 Å². The molecule has 166 valence electrons. The van der Waals surface area contributed by atoms with Gasteiger partial charge in [0.2, 0.25) is 0 Å². The summed E-state index contributed by atoms with van der Waals surface area (Å²) >= 11 is 12.2.